The molecule has 5 heteroatoms. The Kier molecular flexibility index (Phi) is 7.85. The molecule has 2 heterocycles. The average molecular weight is 862 g/mol. The summed E-state index contributed by atoms with van der Waals surface area (Å²) in [4.78, 5) is 0. The Morgan fingerprint density at radius 2 is 0.894 bits per heavy atom. The standard InChI is InChI=1S/C61H40N3OP/c65-66(46-25-8-3-9-26-46)63(43-20-4-1-5-21-43)57-38-35-42(40-58(57)64(66)44-22-6-2-7-23-44)41-19-18-24-45(39-41)62-56-34-17-13-29-49(56)50-36-37-55-59(60(50)62)51-30-12-16-33-54(51)61(55)52-31-14-10-27-47(52)48-28-11-15-32-53(48)61/h1-40H. The Hall–Kier alpha value is -8.17. The average Bonchev–Trinajstić information content (AvgIpc) is 4.07. The molecule has 10 aromatic carbocycles. The first-order valence-corrected chi connectivity index (χ1v) is 24.2. The summed E-state index contributed by atoms with van der Waals surface area (Å²) < 4.78 is 22.9. The van der Waals surface area contributed by atoms with Crippen molar-refractivity contribution < 1.29 is 4.57 Å². The molecule has 0 radical (unpaired) electrons. The normalized spacial score (nSPS) is 16.1. The van der Waals surface area contributed by atoms with Gasteiger partial charge in [-0.2, -0.15) is 0 Å². The van der Waals surface area contributed by atoms with Gasteiger partial charge in [-0.3, -0.25) is 13.9 Å². The van der Waals surface area contributed by atoms with E-state index >= 15 is 4.57 Å². The molecular weight excluding hydrogens is 822 g/mol. The van der Waals surface area contributed by atoms with Crippen LogP contribution in [-0.2, 0) is 9.98 Å². The Bertz CT molecular complexity index is 3780. The lowest BCUT2D eigenvalue weighted by Gasteiger charge is -2.33. The van der Waals surface area contributed by atoms with E-state index in [2.05, 4.69) is 190 Å². The van der Waals surface area contributed by atoms with E-state index in [0.29, 0.717) is 0 Å². The lowest BCUT2D eigenvalue weighted by Crippen LogP contribution is -2.26. The molecule has 1 aliphatic heterocycles. The first-order valence-electron chi connectivity index (χ1n) is 22.6. The number of rotatable bonds is 5. The van der Waals surface area contributed by atoms with Crippen LogP contribution in [0.5, 0.6) is 0 Å². The summed E-state index contributed by atoms with van der Waals surface area (Å²) in [5, 5.41) is 3.22. The zero-order chi connectivity index (χ0) is 43.6. The molecule has 0 N–H and O–H groups in total. The Morgan fingerprint density at radius 1 is 0.364 bits per heavy atom. The van der Waals surface area contributed by atoms with E-state index in [-0.39, 0.29) is 0 Å². The van der Waals surface area contributed by atoms with E-state index < -0.39 is 12.9 Å². The molecule has 0 fully saturated rings. The van der Waals surface area contributed by atoms with Crippen LogP contribution in [0.2, 0.25) is 0 Å². The third-order valence-corrected chi connectivity index (χ3v) is 17.2. The molecule has 0 saturated carbocycles. The fourth-order valence-corrected chi connectivity index (χ4v) is 14.7. The molecule has 1 aromatic heterocycles. The predicted molar refractivity (Wildman–Crippen MR) is 273 cm³/mol. The van der Waals surface area contributed by atoms with Crippen molar-refractivity contribution in [3.05, 3.63) is 265 Å². The third kappa shape index (κ3) is 4.86. The van der Waals surface area contributed by atoms with Gasteiger partial charge in [-0.1, -0.05) is 176 Å². The molecule has 0 bridgehead atoms. The highest BCUT2D eigenvalue weighted by molar-refractivity contribution is 7.76. The summed E-state index contributed by atoms with van der Waals surface area (Å²) in [6, 6.07) is 86.6. The second kappa shape index (κ2) is 13.9. The van der Waals surface area contributed by atoms with Crippen molar-refractivity contribution >= 4 is 57.3 Å². The maximum atomic E-state index is 16.3. The first-order chi connectivity index (χ1) is 32.7. The Labute approximate surface area is 383 Å². The van der Waals surface area contributed by atoms with Gasteiger partial charge in [-0.15, -0.1) is 0 Å². The Morgan fingerprint density at radius 3 is 1.58 bits per heavy atom. The first kappa shape index (κ1) is 37.2. The lowest BCUT2D eigenvalue weighted by molar-refractivity contribution is 0.582. The minimum Gasteiger partial charge on any atom is -0.309 e. The molecular formula is C61H40N3OP. The molecule has 2 aliphatic carbocycles. The van der Waals surface area contributed by atoms with Crippen molar-refractivity contribution in [2.45, 2.75) is 5.41 Å². The van der Waals surface area contributed by atoms with Gasteiger partial charge in [0.2, 0.25) is 0 Å². The third-order valence-electron chi connectivity index (χ3n) is 14.3. The number of nitrogens with zero attached hydrogens (tertiary/aromatic N) is 3. The van der Waals surface area contributed by atoms with Crippen LogP contribution < -0.4 is 14.6 Å². The van der Waals surface area contributed by atoms with Gasteiger partial charge < -0.3 is 4.57 Å². The van der Waals surface area contributed by atoms with Gasteiger partial charge in [0.05, 0.1) is 33.1 Å². The smallest absolute Gasteiger partial charge is 0.301 e. The van der Waals surface area contributed by atoms with Gasteiger partial charge >= 0.3 is 7.44 Å². The number of benzene rings is 10. The van der Waals surface area contributed by atoms with E-state index in [1.54, 1.807) is 0 Å². The monoisotopic (exact) mass is 861 g/mol. The molecule has 3 aliphatic rings. The summed E-state index contributed by atoms with van der Waals surface area (Å²) in [6.07, 6.45) is 0. The number of anilines is 4. The van der Waals surface area contributed by atoms with Crippen molar-refractivity contribution in [1.82, 2.24) is 4.57 Å². The van der Waals surface area contributed by atoms with E-state index in [0.717, 1.165) is 50.4 Å². The second-order valence-electron chi connectivity index (χ2n) is 17.6. The van der Waals surface area contributed by atoms with Gasteiger partial charge in [-0.25, -0.2) is 0 Å². The fraction of sp³-hybridized carbons (Fsp3) is 0.0164. The van der Waals surface area contributed by atoms with Gasteiger partial charge in [-0.05, 0) is 117 Å². The molecule has 66 heavy (non-hydrogen) atoms. The fourth-order valence-electron chi connectivity index (χ4n) is 11.7. The summed E-state index contributed by atoms with van der Waals surface area (Å²) >= 11 is 0. The van der Waals surface area contributed by atoms with Crippen LogP contribution in [0.25, 0.3) is 60.9 Å². The zero-order valence-corrected chi connectivity index (χ0v) is 36.7. The van der Waals surface area contributed by atoms with E-state index in [1.165, 1.54) is 60.8 Å². The van der Waals surface area contributed by atoms with Crippen LogP contribution in [0.15, 0.2) is 243 Å². The van der Waals surface area contributed by atoms with Crippen LogP contribution in [-0.4, -0.2) is 4.57 Å². The van der Waals surface area contributed by atoms with Crippen LogP contribution in [0.1, 0.15) is 22.3 Å². The molecule has 0 amide bonds. The molecule has 14 rings (SSSR count). The summed E-state index contributed by atoms with van der Waals surface area (Å²) in [7, 11) is -3.51. The van der Waals surface area contributed by atoms with Crippen molar-refractivity contribution in [2.75, 3.05) is 9.34 Å². The van der Waals surface area contributed by atoms with E-state index in [1.807, 2.05) is 66.7 Å². The largest absolute Gasteiger partial charge is 0.309 e. The van der Waals surface area contributed by atoms with Crippen molar-refractivity contribution in [3.8, 4) is 39.1 Å². The van der Waals surface area contributed by atoms with E-state index in [9.17, 15) is 0 Å². The van der Waals surface area contributed by atoms with Gasteiger partial charge in [0, 0.05) is 33.4 Å². The molecule has 1 spiro atoms. The van der Waals surface area contributed by atoms with Gasteiger partial charge in [0.25, 0.3) is 0 Å². The van der Waals surface area contributed by atoms with Crippen molar-refractivity contribution in [2.24, 2.45) is 0 Å². The highest BCUT2D eigenvalue weighted by Gasteiger charge is 2.53. The van der Waals surface area contributed by atoms with Gasteiger partial charge in [0.1, 0.15) is 0 Å². The molecule has 1 atom stereocenters. The van der Waals surface area contributed by atoms with E-state index in [4.69, 9.17) is 0 Å². The number of aromatic nitrogens is 1. The number of hydrogen-bond acceptors (Lipinski definition) is 1. The molecule has 11 aromatic rings. The van der Waals surface area contributed by atoms with Crippen LogP contribution in [0.4, 0.5) is 22.7 Å². The van der Waals surface area contributed by atoms with Crippen molar-refractivity contribution in [1.29, 1.82) is 0 Å². The quantitative estimate of drug-likeness (QED) is 0.161. The van der Waals surface area contributed by atoms with Crippen molar-refractivity contribution in [3.63, 3.8) is 0 Å². The van der Waals surface area contributed by atoms with Crippen LogP contribution in [0.3, 0.4) is 0 Å². The second-order valence-corrected chi connectivity index (χ2v) is 20.0. The minimum absolute atomic E-state index is 0.446. The summed E-state index contributed by atoms with van der Waals surface area (Å²) in [5.41, 5.74) is 19.2. The summed E-state index contributed by atoms with van der Waals surface area (Å²) in [5.74, 6) is 0. The van der Waals surface area contributed by atoms with Crippen LogP contribution >= 0.6 is 7.44 Å². The highest BCUT2D eigenvalue weighted by atomic mass is 31.2. The topological polar surface area (TPSA) is 28.5 Å². The maximum Gasteiger partial charge on any atom is 0.301 e. The lowest BCUT2D eigenvalue weighted by atomic mass is 9.70. The summed E-state index contributed by atoms with van der Waals surface area (Å²) in [6.45, 7) is 0. The maximum absolute atomic E-state index is 16.3. The molecule has 310 valence electrons. The zero-order valence-electron chi connectivity index (χ0n) is 35.8. The number of para-hydroxylation sites is 3. The predicted octanol–water partition coefficient (Wildman–Crippen LogP) is 15.6. The SMILES string of the molecule is O=P1(c2ccccc2)N(c2ccccc2)c2ccc(-c3cccc(-n4c5ccccc5c5ccc6c(c54)-c4ccccc4C64c5ccccc5-c5ccccc54)c3)cc2N1c1ccccc1. The number of fused-ring (bicyclic) bond motifs is 15. The van der Waals surface area contributed by atoms with Gasteiger partial charge in [0.15, 0.2) is 0 Å². The highest BCUT2D eigenvalue weighted by Crippen LogP contribution is 2.70. The number of hydrogen-bond donors (Lipinski definition) is 0. The van der Waals surface area contributed by atoms with Crippen LogP contribution in [0, 0.1) is 0 Å². The molecule has 1 unspecified atom stereocenters. The Balaban J connectivity index is 1.00. The molecule has 0 saturated heterocycles. The molecule has 4 nitrogen and oxygen atoms in total. The minimum atomic E-state index is -3.51.